The number of carbonyl (C=O) groups is 2. The van der Waals surface area contributed by atoms with Crippen LogP contribution in [0.15, 0.2) is 77.7 Å². The molecule has 0 aliphatic heterocycles. The number of ether oxygens (including phenoxy) is 2. The van der Waals surface area contributed by atoms with E-state index < -0.39 is 16.1 Å². The molecule has 3 aromatic carbocycles. The van der Waals surface area contributed by atoms with E-state index in [0.717, 1.165) is 5.56 Å². The van der Waals surface area contributed by atoms with Crippen molar-refractivity contribution in [3.63, 3.8) is 0 Å². The van der Waals surface area contributed by atoms with Gasteiger partial charge in [-0.05, 0) is 67.6 Å². The van der Waals surface area contributed by atoms with Crippen molar-refractivity contribution in [1.29, 1.82) is 0 Å². The minimum Gasteiger partial charge on any atom is -0.497 e. The first kappa shape index (κ1) is 24.5. The van der Waals surface area contributed by atoms with Crippen LogP contribution in [0.3, 0.4) is 0 Å². The van der Waals surface area contributed by atoms with Gasteiger partial charge in [0.25, 0.3) is 10.0 Å². The van der Waals surface area contributed by atoms with Gasteiger partial charge >= 0.3 is 6.03 Å². The molecule has 0 aromatic heterocycles. The first-order chi connectivity index (χ1) is 16.2. The van der Waals surface area contributed by atoms with Gasteiger partial charge in [0.05, 0.1) is 19.1 Å². The van der Waals surface area contributed by atoms with E-state index in [1.165, 1.54) is 49.6 Å². The molecule has 176 valence electrons. The standard InChI is InChI=1S/C25H24N2O6S/c1-17-4-13-22(14-5-17)34(30,31)27-25(29)26-20-10-6-18(7-11-20)23(28)15-9-19-8-12-21(32-2)16-24(19)33-3/h4-16H,1-3H3,(H2,26,27,29)/b15-9+. The van der Waals surface area contributed by atoms with Crippen LogP contribution >= 0.6 is 0 Å². The van der Waals surface area contributed by atoms with Crippen LogP contribution in [0.25, 0.3) is 6.08 Å². The number of anilines is 1. The molecular formula is C25H24N2O6S. The highest BCUT2D eigenvalue weighted by Crippen LogP contribution is 2.25. The van der Waals surface area contributed by atoms with E-state index in [1.54, 1.807) is 43.5 Å². The molecular weight excluding hydrogens is 456 g/mol. The van der Waals surface area contributed by atoms with E-state index >= 15 is 0 Å². The molecule has 0 fully saturated rings. The molecule has 0 aliphatic rings. The Morgan fingerprint density at radius 3 is 2.18 bits per heavy atom. The SMILES string of the molecule is COc1ccc(/C=C/C(=O)c2ccc(NC(=O)NS(=O)(=O)c3ccc(C)cc3)cc2)c(OC)c1. The van der Waals surface area contributed by atoms with Gasteiger partial charge in [0.1, 0.15) is 11.5 Å². The fourth-order valence-corrected chi connectivity index (χ4v) is 3.90. The molecule has 0 saturated carbocycles. The Labute approximate surface area is 198 Å². The van der Waals surface area contributed by atoms with Crippen LogP contribution in [0, 0.1) is 6.92 Å². The lowest BCUT2D eigenvalue weighted by atomic mass is 10.1. The lowest BCUT2D eigenvalue weighted by Gasteiger charge is -2.09. The number of ketones is 1. The van der Waals surface area contributed by atoms with Gasteiger partial charge < -0.3 is 14.8 Å². The van der Waals surface area contributed by atoms with Gasteiger partial charge in [0.15, 0.2) is 5.78 Å². The maximum atomic E-state index is 12.5. The van der Waals surface area contributed by atoms with Crippen molar-refractivity contribution in [3.05, 3.63) is 89.5 Å². The number of carbonyl (C=O) groups excluding carboxylic acids is 2. The number of hydrogen-bond acceptors (Lipinski definition) is 6. The van der Waals surface area contributed by atoms with E-state index in [0.29, 0.717) is 28.3 Å². The summed E-state index contributed by atoms with van der Waals surface area (Å²) in [5, 5.41) is 2.44. The zero-order chi connectivity index (χ0) is 24.7. The molecule has 0 aliphatic carbocycles. The fraction of sp³-hybridized carbons (Fsp3) is 0.120. The maximum absolute atomic E-state index is 12.5. The molecule has 0 spiro atoms. The van der Waals surface area contributed by atoms with Crippen LogP contribution < -0.4 is 19.5 Å². The predicted molar refractivity (Wildman–Crippen MR) is 130 cm³/mol. The minimum atomic E-state index is -4.01. The van der Waals surface area contributed by atoms with E-state index in [-0.39, 0.29) is 10.7 Å². The largest absolute Gasteiger partial charge is 0.497 e. The summed E-state index contributed by atoms with van der Waals surface area (Å²) in [4.78, 5) is 24.6. The van der Waals surface area contributed by atoms with Crippen molar-refractivity contribution < 1.29 is 27.5 Å². The number of nitrogens with one attached hydrogen (secondary N) is 2. The monoisotopic (exact) mass is 480 g/mol. The Balaban J connectivity index is 1.63. The highest BCUT2D eigenvalue weighted by molar-refractivity contribution is 7.90. The summed E-state index contributed by atoms with van der Waals surface area (Å²) < 4.78 is 37.1. The topological polar surface area (TPSA) is 111 Å². The number of hydrogen-bond donors (Lipinski definition) is 2. The van der Waals surface area contributed by atoms with Crippen molar-refractivity contribution in [3.8, 4) is 11.5 Å². The minimum absolute atomic E-state index is 0.0190. The Morgan fingerprint density at radius 1 is 0.882 bits per heavy atom. The van der Waals surface area contributed by atoms with Gasteiger partial charge in [0.2, 0.25) is 0 Å². The number of rotatable bonds is 8. The second-order valence-corrected chi connectivity index (χ2v) is 8.94. The smallest absolute Gasteiger partial charge is 0.333 e. The molecule has 3 rings (SSSR count). The number of allylic oxidation sites excluding steroid dienone is 1. The zero-order valence-corrected chi connectivity index (χ0v) is 19.7. The van der Waals surface area contributed by atoms with Crippen LogP contribution in [-0.4, -0.2) is 34.5 Å². The van der Waals surface area contributed by atoms with Gasteiger partial charge in [-0.2, -0.15) is 0 Å². The number of amides is 2. The van der Waals surface area contributed by atoms with Crippen LogP contribution in [-0.2, 0) is 10.0 Å². The number of urea groups is 1. The number of aryl methyl sites for hydroxylation is 1. The second-order valence-electron chi connectivity index (χ2n) is 7.26. The average Bonchev–Trinajstić information content (AvgIpc) is 2.82. The lowest BCUT2D eigenvalue weighted by molar-refractivity contribution is 0.104. The molecule has 0 heterocycles. The fourth-order valence-electron chi connectivity index (χ4n) is 2.99. The average molecular weight is 481 g/mol. The van der Waals surface area contributed by atoms with Crippen molar-refractivity contribution in [1.82, 2.24) is 4.72 Å². The van der Waals surface area contributed by atoms with Gasteiger partial charge in [-0.15, -0.1) is 0 Å². The summed E-state index contributed by atoms with van der Waals surface area (Å²) >= 11 is 0. The van der Waals surface area contributed by atoms with E-state index in [9.17, 15) is 18.0 Å². The molecule has 0 bridgehead atoms. The normalized spacial score (nSPS) is 11.1. The molecule has 0 saturated heterocycles. The molecule has 3 aromatic rings. The van der Waals surface area contributed by atoms with Gasteiger partial charge in [-0.1, -0.05) is 17.7 Å². The van der Waals surface area contributed by atoms with Crippen LogP contribution in [0.4, 0.5) is 10.5 Å². The maximum Gasteiger partial charge on any atom is 0.333 e. The third kappa shape index (κ3) is 6.23. The summed E-state index contributed by atoms with van der Waals surface area (Å²) in [7, 11) is -0.921. The molecule has 2 N–H and O–H groups in total. The van der Waals surface area contributed by atoms with Crippen LogP contribution in [0.5, 0.6) is 11.5 Å². The highest BCUT2D eigenvalue weighted by atomic mass is 32.2. The summed E-state index contributed by atoms with van der Waals surface area (Å²) in [5.74, 6) is 0.949. The van der Waals surface area contributed by atoms with Crippen molar-refractivity contribution in [2.75, 3.05) is 19.5 Å². The van der Waals surface area contributed by atoms with Crippen molar-refractivity contribution >= 4 is 33.6 Å². The van der Waals surface area contributed by atoms with Gasteiger partial charge in [-0.25, -0.2) is 17.9 Å². The van der Waals surface area contributed by atoms with Crippen LogP contribution in [0.1, 0.15) is 21.5 Å². The number of sulfonamides is 1. The zero-order valence-electron chi connectivity index (χ0n) is 18.9. The summed E-state index contributed by atoms with van der Waals surface area (Å²) in [6.45, 7) is 1.83. The second kappa shape index (κ2) is 10.7. The number of methoxy groups -OCH3 is 2. The molecule has 0 unspecified atom stereocenters. The molecule has 0 atom stereocenters. The van der Waals surface area contributed by atoms with E-state index in [2.05, 4.69) is 5.32 Å². The summed E-state index contributed by atoms with van der Waals surface area (Å²) in [6, 6.07) is 16.5. The molecule has 0 radical (unpaired) electrons. The van der Waals surface area contributed by atoms with Gasteiger partial charge in [0, 0.05) is 22.9 Å². The Hall–Kier alpha value is -4.11. The van der Waals surface area contributed by atoms with Gasteiger partial charge in [-0.3, -0.25) is 4.79 Å². The van der Waals surface area contributed by atoms with E-state index in [1.807, 2.05) is 11.6 Å². The quantitative estimate of drug-likeness (QED) is 0.365. The number of benzene rings is 3. The molecule has 9 heteroatoms. The van der Waals surface area contributed by atoms with Crippen molar-refractivity contribution in [2.45, 2.75) is 11.8 Å². The van der Waals surface area contributed by atoms with Crippen LogP contribution in [0.2, 0.25) is 0 Å². The lowest BCUT2D eigenvalue weighted by Crippen LogP contribution is -2.34. The highest BCUT2D eigenvalue weighted by Gasteiger charge is 2.17. The Kier molecular flexibility index (Phi) is 7.70. The van der Waals surface area contributed by atoms with Crippen molar-refractivity contribution in [2.24, 2.45) is 0 Å². The molecule has 8 nitrogen and oxygen atoms in total. The summed E-state index contributed by atoms with van der Waals surface area (Å²) in [6.07, 6.45) is 3.05. The first-order valence-corrected chi connectivity index (χ1v) is 11.6. The Bertz CT molecular complexity index is 1310. The molecule has 2 amide bonds. The first-order valence-electron chi connectivity index (χ1n) is 10.2. The summed E-state index contributed by atoms with van der Waals surface area (Å²) in [5.41, 5.74) is 2.33. The third-order valence-electron chi connectivity index (χ3n) is 4.84. The predicted octanol–water partition coefficient (Wildman–Crippen LogP) is 4.42. The molecule has 34 heavy (non-hydrogen) atoms. The van der Waals surface area contributed by atoms with E-state index in [4.69, 9.17) is 9.47 Å². The third-order valence-corrected chi connectivity index (χ3v) is 6.19. The Morgan fingerprint density at radius 2 is 1.56 bits per heavy atom.